The number of unbranched alkanes of at least 4 members (excludes halogenated alkanes) is 2. The second-order valence-electron chi connectivity index (χ2n) is 33.7. The molecule has 3 heterocycles. The van der Waals surface area contributed by atoms with Crippen LogP contribution < -0.4 is 37.6 Å². The number of primary amides is 1. The summed E-state index contributed by atoms with van der Waals surface area (Å²) in [5, 5.41) is 26.3. The predicted octanol–water partition coefficient (Wildman–Crippen LogP) is 9.55. The molecule has 121 heavy (non-hydrogen) atoms. The lowest BCUT2D eigenvalue weighted by Crippen LogP contribution is -2.60. The zero-order valence-electron chi connectivity index (χ0n) is 74.4. The molecule has 0 bridgehead atoms. The van der Waals surface area contributed by atoms with Crippen LogP contribution in [0.15, 0.2) is 48.5 Å². The average molecular weight is 1850 g/mol. The molecule has 16 atom stereocenters. The van der Waals surface area contributed by atoms with Crippen LogP contribution >= 0.6 is 42.0 Å². The molecule has 0 radical (unpaired) electrons. The number of carbonyl (C=O) groups is 13. The number of anilines is 1. The normalized spacial score (nSPS) is 20.4. The van der Waals surface area contributed by atoms with Gasteiger partial charge in [-0.1, -0.05) is 151 Å². The molecule has 3 fully saturated rings. The number of nitrogens with zero attached hydrogens (tertiary/aromatic N) is 6. The van der Waals surface area contributed by atoms with Gasteiger partial charge in [-0.25, -0.2) is 17.5 Å². The van der Waals surface area contributed by atoms with E-state index < -0.39 is 168 Å². The molecule has 0 aromatic heterocycles. The largest absolute Gasteiger partial charge is 0.480 e. The topological polar surface area (TPSA) is 425 Å². The highest BCUT2D eigenvalue weighted by Gasteiger charge is 2.46. The summed E-state index contributed by atoms with van der Waals surface area (Å²) in [5.74, 6) is -8.75. The second-order valence-corrected chi connectivity index (χ2v) is 39.0. The number of hydrogen-bond acceptors (Lipinski definition) is 19. The Morgan fingerprint density at radius 1 is 0.802 bits per heavy atom. The molecule has 13 amide bonds. The van der Waals surface area contributed by atoms with Crippen molar-refractivity contribution in [2.45, 2.75) is 290 Å². The Bertz CT molecular complexity index is 3860. The van der Waals surface area contributed by atoms with Crippen LogP contribution in [0.25, 0.3) is 0 Å². The van der Waals surface area contributed by atoms with Crippen molar-refractivity contribution < 1.29 is 91.1 Å². The molecule has 2 aromatic rings. The van der Waals surface area contributed by atoms with E-state index in [4.69, 9.17) is 19.9 Å². The fraction of sp³-hybridized carbons (Fsp3) is 0.709. The minimum atomic E-state index is -3.81. The van der Waals surface area contributed by atoms with Crippen LogP contribution in [0, 0.1) is 29.6 Å². The highest BCUT2D eigenvalue weighted by molar-refractivity contribution is 14.1. The molecule has 680 valence electrons. The number of hydrogen-bond donors (Lipinski definition) is 9. The van der Waals surface area contributed by atoms with Gasteiger partial charge in [-0.15, -0.1) is 11.8 Å². The van der Waals surface area contributed by atoms with E-state index in [2.05, 4.69) is 82.5 Å². The fourth-order valence-electron chi connectivity index (χ4n) is 16.8. The first kappa shape index (κ1) is 104. The summed E-state index contributed by atoms with van der Waals surface area (Å²) >= 11 is 3.15. The third kappa shape index (κ3) is 29.9. The van der Waals surface area contributed by atoms with Crippen molar-refractivity contribution in [1.82, 2.24) is 54.2 Å². The second kappa shape index (κ2) is 49.9. The van der Waals surface area contributed by atoms with E-state index in [1.165, 1.54) is 42.9 Å². The number of thioether (sulfide) groups is 1. The number of methoxy groups -OCH3 is 2. The predicted molar refractivity (Wildman–Crippen MR) is 474 cm³/mol. The van der Waals surface area contributed by atoms with E-state index in [1.54, 1.807) is 83.0 Å². The van der Waals surface area contributed by atoms with Crippen LogP contribution in [0.4, 0.5) is 15.3 Å². The van der Waals surface area contributed by atoms with Gasteiger partial charge in [0.2, 0.25) is 66.4 Å². The molecule has 10 N–H and O–H groups in total. The van der Waals surface area contributed by atoms with Crippen LogP contribution in [0.3, 0.4) is 0 Å². The molecule has 3 saturated heterocycles. The van der Waals surface area contributed by atoms with E-state index >= 15 is 4.79 Å². The summed E-state index contributed by atoms with van der Waals surface area (Å²) in [6.45, 7) is 24.2. The van der Waals surface area contributed by atoms with Gasteiger partial charge in [-0.2, -0.15) is 0 Å². The number of ether oxygens (including phenoxy) is 3. The maximum Gasteiger partial charge on any atom is 0.410 e. The Kier molecular flexibility index (Phi) is 42.9. The van der Waals surface area contributed by atoms with Crippen molar-refractivity contribution in [2.75, 3.05) is 78.4 Å². The van der Waals surface area contributed by atoms with Crippen molar-refractivity contribution in [3.63, 3.8) is 0 Å². The summed E-state index contributed by atoms with van der Waals surface area (Å²) in [6, 6.07) is 4.91. The Morgan fingerprint density at radius 3 is 2.05 bits per heavy atom. The van der Waals surface area contributed by atoms with E-state index in [1.807, 2.05) is 43.1 Å². The molecule has 0 aliphatic carbocycles. The van der Waals surface area contributed by atoms with Crippen LogP contribution in [-0.2, 0) is 84.5 Å². The number of nitrogens with one attached hydrogen (secondary N) is 6. The number of amides is 13. The third-order valence-corrected chi connectivity index (χ3v) is 28.7. The van der Waals surface area contributed by atoms with Crippen molar-refractivity contribution in [3.8, 4) is 0 Å². The number of halogens is 1. The first-order valence-corrected chi connectivity index (χ1v) is 47.1. The van der Waals surface area contributed by atoms with Crippen LogP contribution in [-0.4, -0.2) is 259 Å². The molecule has 3 aliphatic rings. The van der Waals surface area contributed by atoms with Gasteiger partial charge in [0.25, 0.3) is 0 Å². The summed E-state index contributed by atoms with van der Waals surface area (Å²) in [5.41, 5.74) is 7.74. The van der Waals surface area contributed by atoms with Gasteiger partial charge in [-0.05, 0) is 124 Å². The van der Waals surface area contributed by atoms with Crippen molar-refractivity contribution in [1.29, 1.82) is 0 Å². The minimum Gasteiger partial charge on any atom is -0.480 e. The lowest BCUT2D eigenvalue weighted by atomic mass is 9.78. The lowest BCUT2D eigenvalue weighted by Gasteiger charge is -2.41. The molecule has 7 unspecified atom stereocenters. The summed E-state index contributed by atoms with van der Waals surface area (Å²) in [6.07, 6.45) is 4.78. The van der Waals surface area contributed by atoms with Crippen molar-refractivity contribution >= 4 is 125 Å². The minimum absolute atomic E-state index is 0.00251. The highest BCUT2D eigenvalue weighted by Crippen LogP contribution is 2.43. The van der Waals surface area contributed by atoms with Gasteiger partial charge < -0.3 is 76.5 Å². The Hall–Kier alpha value is -7.50. The van der Waals surface area contributed by atoms with E-state index in [0.717, 1.165) is 72.7 Å². The first-order valence-electron chi connectivity index (χ1n) is 43.0. The van der Waals surface area contributed by atoms with E-state index in [9.17, 15) is 72.1 Å². The number of urea groups is 1. The Labute approximate surface area is 734 Å². The first-order chi connectivity index (χ1) is 57.1. The van der Waals surface area contributed by atoms with E-state index in [-0.39, 0.29) is 106 Å². The number of aliphatic carboxylic acids is 1. The van der Waals surface area contributed by atoms with Gasteiger partial charge in [0.05, 0.1) is 53.6 Å². The summed E-state index contributed by atoms with van der Waals surface area (Å²) in [7, 11) is 4.04. The Balaban J connectivity index is 1.26. The number of carboxylic acids is 1. The maximum absolute atomic E-state index is 15.1. The lowest BCUT2D eigenvalue weighted by molar-refractivity contribution is -0.148. The zero-order valence-corrected chi connectivity index (χ0v) is 78.3. The number of benzene rings is 2. The number of nitrogens with two attached hydrogens (primary N) is 1. The molecule has 3 aliphatic heterocycles. The number of likely N-dealkylation sites (N-methyl/N-ethyl adjacent to an activating group) is 2. The fourth-order valence-corrected chi connectivity index (χ4v) is 20.3. The number of likely N-dealkylation sites (tertiary alicyclic amines) is 2. The molecule has 0 spiro atoms. The SMILES string of the molecule is CCCCCC(C)(NC(=O)CCP(=O)(O)CCSC1CC(=O)N(CCC(=O)N[C@H]2C(=O)N[C@H](C(=O)Nc3ccc(COC(=O)N(C)[C@H](C(=O)N[C@H](C(=O)N(C)[C@@H](C(C)CC)C(CC(=O)N4CCC[C@H]4[C@H](OC)[C@@H](C)C(=O)N[C@@H](Cc4ccccc4)C(=O)O)OC)C(C)C)C(C)C)c(C(CCC)C(CC)CC)c3)CCCN(C(N)=O)C2C)C1=O)N(C)I. The van der Waals surface area contributed by atoms with Gasteiger partial charge in [-0.3, -0.25) is 62.3 Å². The van der Waals surface area contributed by atoms with Crippen LogP contribution in [0.5, 0.6) is 0 Å². The highest BCUT2D eigenvalue weighted by atomic mass is 127. The number of carbonyl (C=O) groups excluding carboxylic acids is 12. The molecule has 35 heteroatoms. The number of carboxylic acid groups (broad SMARTS) is 1. The molecule has 32 nitrogen and oxygen atoms in total. The quantitative estimate of drug-likeness (QED) is 0.00743. The summed E-state index contributed by atoms with van der Waals surface area (Å²) < 4.78 is 33.3. The smallest absolute Gasteiger partial charge is 0.410 e. The van der Waals surface area contributed by atoms with Crippen molar-refractivity contribution in [2.24, 2.45) is 35.3 Å². The van der Waals surface area contributed by atoms with Gasteiger partial charge in [0.1, 0.15) is 36.8 Å². The zero-order chi connectivity index (χ0) is 90.5. The number of imide groups is 1. The molecular formula is C86H139IN13O19PS. The van der Waals surface area contributed by atoms with Crippen LogP contribution in [0.1, 0.15) is 222 Å². The molecule has 2 aromatic carbocycles. The summed E-state index contributed by atoms with van der Waals surface area (Å²) in [4.78, 5) is 198. The van der Waals surface area contributed by atoms with Gasteiger partial charge in [0.15, 0.2) is 0 Å². The Morgan fingerprint density at radius 2 is 1.46 bits per heavy atom. The maximum atomic E-state index is 15.1. The van der Waals surface area contributed by atoms with Crippen LogP contribution in [0.2, 0.25) is 0 Å². The van der Waals surface area contributed by atoms with Gasteiger partial charge >= 0.3 is 18.1 Å². The average Bonchev–Trinajstić information content (AvgIpc) is 1.80. The van der Waals surface area contributed by atoms with Crippen molar-refractivity contribution in [3.05, 3.63) is 65.2 Å². The van der Waals surface area contributed by atoms with Gasteiger partial charge in [0, 0.05) is 120 Å². The monoisotopic (exact) mass is 1850 g/mol. The standard InChI is InChI=1S/C86H139IN13O19PS/c1-19-24-28-40-86(13,97(16)87)94-69(102)39-44-120(115,116)45-46-121-67-50-71(104)100(81(67)109)43-38-68(101)92-73-56(12)98(84(88)113)41-29-34-63(90-79(73)107)78(106)89-60-37-36-59(62(48-60)61(31-20-2)58(22-4)23-5)51-119-85(114)96(15)74(53(8)9)80(108)93-72(52(6)7)82(110)95(14)75(54(10)21-3)66(117-17)49-70(103)99-42-30-35-65(99)76(118-18)55(11)77(105)91-64(83(111)112)47-57-32-26-25-27-33-57/h25-27,32-33,36-37,48,52-56,58,61,63-67,72-76H,19-24,28-31,34-35,38-47,49-51H2,1-18H3,(H2,88,113)(H,89,106)(H,90,107)(H,91,105)(H,92,101)(H,93,108)(H,94,102)(H,111,112)(H,115,116)/t54?,55-,56?,61?,63+,64+,65+,66?,67?,72+,73-,74+,75+,76-,86?/m1/s1. The molecular weight excluding hydrogens is 1710 g/mol. The number of rotatable bonds is 48. The molecule has 0 saturated carbocycles. The molecule has 5 rings (SSSR count). The van der Waals surface area contributed by atoms with E-state index in [0.29, 0.717) is 43.5 Å². The third-order valence-electron chi connectivity index (χ3n) is 24.3.